The lowest BCUT2D eigenvalue weighted by Crippen LogP contribution is -2.19. The maximum atomic E-state index is 14.5. The van der Waals surface area contributed by atoms with E-state index in [9.17, 15) is 4.39 Å². The second kappa shape index (κ2) is 6.54. The number of rotatable bonds is 4. The molecule has 0 atom stereocenters. The van der Waals surface area contributed by atoms with Crippen LogP contribution in [0.25, 0.3) is 0 Å². The standard InChI is InChI=1S/C17H16FN3O/c18-17-14(12-21-8-1-2-9-21)4-3-5-15(17)22-16-10-13(11-19)6-7-20-16/h3-7,10H,1-2,8-9,12H2. The number of ether oxygens (including phenoxy) is 1. The fourth-order valence-corrected chi connectivity index (χ4v) is 2.59. The Morgan fingerprint density at radius 3 is 2.86 bits per heavy atom. The number of hydrogen-bond donors (Lipinski definition) is 0. The van der Waals surface area contributed by atoms with Crippen LogP contribution in [0.4, 0.5) is 4.39 Å². The molecule has 0 aliphatic carbocycles. The molecule has 1 saturated heterocycles. The van der Waals surface area contributed by atoms with E-state index in [1.807, 2.05) is 6.07 Å². The summed E-state index contributed by atoms with van der Waals surface area (Å²) in [4.78, 5) is 6.24. The molecule has 1 aliphatic rings. The van der Waals surface area contributed by atoms with Crippen LogP contribution in [0.5, 0.6) is 11.6 Å². The van der Waals surface area contributed by atoms with E-state index in [0.717, 1.165) is 13.1 Å². The number of hydrogen-bond acceptors (Lipinski definition) is 4. The molecule has 4 nitrogen and oxygen atoms in total. The van der Waals surface area contributed by atoms with Gasteiger partial charge in [-0.1, -0.05) is 12.1 Å². The fraction of sp³-hybridized carbons (Fsp3) is 0.294. The van der Waals surface area contributed by atoms with Crippen molar-refractivity contribution in [1.82, 2.24) is 9.88 Å². The van der Waals surface area contributed by atoms with Crippen LogP contribution < -0.4 is 4.74 Å². The molecule has 0 unspecified atom stereocenters. The molecule has 0 saturated carbocycles. The van der Waals surface area contributed by atoms with Crippen LogP contribution in [0.3, 0.4) is 0 Å². The molecule has 1 aromatic heterocycles. The Morgan fingerprint density at radius 1 is 1.27 bits per heavy atom. The number of pyridine rings is 1. The molecule has 2 heterocycles. The van der Waals surface area contributed by atoms with E-state index < -0.39 is 0 Å². The van der Waals surface area contributed by atoms with Gasteiger partial charge < -0.3 is 4.74 Å². The molecular formula is C17H16FN3O. The summed E-state index contributed by atoms with van der Waals surface area (Å²) in [5.41, 5.74) is 1.05. The molecule has 1 fully saturated rings. The second-order valence-electron chi connectivity index (χ2n) is 5.31. The van der Waals surface area contributed by atoms with Crippen LogP contribution in [0.1, 0.15) is 24.0 Å². The van der Waals surface area contributed by atoms with Gasteiger partial charge in [0.05, 0.1) is 11.6 Å². The van der Waals surface area contributed by atoms with Crippen LogP contribution in [0.2, 0.25) is 0 Å². The predicted octanol–water partition coefficient (Wildman–Crippen LogP) is 3.48. The molecule has 3 rings (SSSR count). The van der Waals surface area contributed by atoms with E-state index in [1.165, 1.54) is 25.1 Å². The molecule has 0 spiro atoms. The third-order valence-corrected chi connectivity index (χ3v) is 3.71. The highest BCUT2D eigenvalue weighted by Gasteiger charge is 2.16. The van der Waals surface area contributed by atoms with Crippen molar-refractivity contribution < 1.29 is 9.13 Å². The minimum atomic E-state index is -0.362. The van der Waals surface area contributed by atoms with Gasteiger partial charge in [-0.2, -0.15) is 5.26 Å². The van der Waals surface area contributed by atoms with Crippen molar-refractivity contribution in [2.24, 2.45) is 0 Å². The lowest BCUT2D eigenvalue weighted by Gasteiger charge is -2.16. The summed E-state index contributed by atoms with van der Waals surface area (Å²) >= 11 is 0. The van der Waals surface area contributed by atoms with Gasteiger partial charge in [-0.3, -0.25) is 4.90 Å². The number of likely N-dealkylation sites (tertiary alicyclic amines) is 1. The van der Waals surface area contributed by atoms with Gasteiger partial charge in [0.25, 0.3) is 0 Å². The second-order valence-corrected chi connectivity index (χ2v) is 5.31. The minimum absolute atomic E-state index is 0.138. The van der Waals surface area contributed by atoms with Gasteiger partial charge in [0, 0.05) is 24.4 Å². The van der Waals surface area contributed by atoms with Crippen LogP contribution >= 0.6 is 0 Å². The first-order valence-electron chi connectivity index (χ1n) is 7.30. The summed E-state index contributed by atoms with van der Waals surface area (Å²) in [6, 6.07) is 10.2. The van der Waals surface area contributed by atoms with E-state index in [4.69, 9.17) is 10.00 Å². The Hall–Kier alpha value is -2.45. The number of benzene rings is 1. The summed E-state index contributed by atoms with van der Waals surface area (Å²) in [5.74, 6) is -0.00544. The zero-order valence-electron chi connectivity index (χ0n) is 12.1. The molecule has 0 bridgehead atoms. The van der Waals surface area contributed by atoms with Gasteiger partial charge in [0.2, 0.25) is 5.88 Å². The quantitative estimate of drug-likeness (QED) is 0.867. The fourth-order valence-electron chi connectivity index (χ4n) is 2.59. The molecular weight excluding hydrogens is 281 g/mol. The van der Waals surface area contributed by atoms with Crippen LogP contribution in [-0.2, 0) is 6.54 Å². The zero-order valence-corrected chi connectivity index (χ0v) is 12.1. The number of nitrogens with zero attached hydrogens (tertiary/aromatic N) is 3. The Morgan fingerprint density at radius 2 is 2.09 bits per heavy atom. The molecule has 112 valence electrons. The predicted molar refractivity (Wildman–Crippen MR) is 79.9 cm³/mol. The first-order chi connectivity index (χ1) is 10.8. The average Bonchev–Trinajstić information content (AvgIpc) is 3.04. The molecule has 1 aliphatic heterocycles. The van der Waals surface area contributed by atoms with Crippen LogP contribution in [0, 0.1) is 17.1 Å². The Labute approximate surface area is 128 Å². The molecule has 0 amide bonds. The maximum Gasteiger partial charge on any atom is 0.220 e. The Bertz CT molecular complexity index is 705. The third-order valence-electron chi connectivity index (χ3n) is 3.71. The summed E-state index contributed by atoms with van der Waals surface area (Å²) in [7, 11) is 0. The highest BCUT2D eigenvalue weighted by molar-refractivity contribution is 5.36. The average molecular weight is 297 g/mol. The van der Waals surface area contributed by atoms with Gasteiger partial charge in [-0.25, -0.2) is 9.37 Å². The van der Waals surface area contributed by atoms with Crippen LogP contribution in [-0.4, -0.2) is 23.0 Å². The molecule has 2 aromatic rings. The van der Waals surface area contributed by atoms with Crippen molar-refractivity contribution in [2.75, 3.05) is 13.1 Å². The van der Waals surface area contributed by atoms with Gasteiger partial charge >= 0.3 is 0 Å². The van der Waals surface area contributed by atoms with E-state index in [0.29, 0.717) is 17.7 Å². The minimum Gasteiger partial charge on any atom is -0.436 e. The molecule has 5 heteroatoms. The van der Waals surface area contributed by atoms with Gasteiger partial charge in [-0.15, -0.1) is 0 Å². The van der Waals surface area contributed by atoms with Crippen molar-refractivity contribution in [1.29, 1.82) is 5.26 Å². The van der Waals surface area contributed by atoms with Crippen molar-refractivity contribution in [3.8, 4) is 17.7 Å². The lowest BCUT2D eigenvalue weighted by molar-refractivity contribution is 0.322. The summed E-state index contributed by atoms with van der Waals surface area (Å²) in [6.07, 6.45) is 3.81. The van der Waals surface area contributed by atoms with E-state index in [-0.39, 0.29) is 17.4 Å². The number of aromatic nitrogens is 1. The molecule has 1 aromatic carbocycles. The SMILES string of the molecule is N#Cc1ccnc(Oc2cccc(CN3CCCC3)c2F)c1. The first kappa shape index (κ1) is 14.5. The van der Waals surface area contributed by atoms with Gasteiger partial charge in [0.15, 0.2) is 11.6 Å². The normalized spacial score (nSPS) is 14.7. The van der Waals surface area contributed by atoms with Crippen LogP contribution in [0.15, 0.2) is 36.5 Å². The number of nitriles is 1. The smallest absolute Gasteiger partial charge is 0.220 e. The largest absolute Gasteiger partial charge is 0.436 e. The van der Waals surface area contributed by atoms with Crippen molar-refractivity contribution in [3.63, 3.8) is 0 Å². The summed E-state index contributed by atoms with van der Waals surface area (Å²) in [6.45, 7) is 2.61. The topological polar surface area (TPSA) is 49.1 Å². The highest BCUT2D eigenvalue weighted by atomic mass is 19.1. The van der Waals surface area contributed by atoms with Crippen molar-refractivity contribution >= 4 is 0 Å². The number of halogens is 1. The Balaban J connectivity index is 1.80. The van der Waals surface area contributed by atoms with Crippen molar-refractivity contribution in [3.05, 3.63) is 53.5 Å². The van der Waals surface area contributed by atoms with E-state index in [2.05, 4.69) is 9.88 Å². The van der Waals surface area contributed by atoms with Gasteiger partial charge in [0.1, 0.15) is 0 Å². The zero-order chi connectivity index (χ0) is 15.4. The highest BCUT2D eigenvalue weighted by Crippen LogP contribution is 2.27. The maximum absolute atomic E-state index is 14.5. The van der Waals surface area contributed by atoms with Gasteiger partial charge in [-0.05, 0) is 38.1 Å². The molecule has 0 N–H and O–H groups in total. The van der Waals surface area contributed by atoms with Crippen molar-refractivity contribution in [2.45, 2.75) is 19.4 Å². The molecule has 0 radical (unpaired) electrons. The Kier molecular flexibility index (Phi) is 4.31. The van der Waals surface area contributed by atoms with E-state index >= 15 is 0 Å². The van der Waals surface area contributed by atoms with E-state index in [1.54, 1.807) is 24.3 Å². The summed E-state index contributed by atoms with van der Waals surface area (Å²) < 4.78 is 20.1. The third kappa shape index (κ3) is 3.23. The monoisotopic (exact) mass is 297 g/mol. The first-order valence-corrected chi connectivity index (χ1v) is 7.30. The molecule has 22 heavy (non-hydrogen) atoms. The summed E-state index contributed by atoms with van der Waals surface area (Å²) in [5, 5.41) is 8.87. The lowest BCUT2D eigenvalue weighted by atomic mass is 10.2.